The minimum absolute atomic E-state index is 0.0235. The van der Waals surface area contributed by atoms with Gasteiger partial charge in [0.1, 0.15) is 5.37 Å². The first-order valence-electron chi connectivity index (χ1n) is 14.5. The van der Waals surface area contributed by atoms with Crippen LogP contribution >= 0.6 is 11.8 Å². The fourth-order valence-corrected chi connectivity index (χ4v) is 8.12. The van der Waals surface area contributed by atoms with Gasteiger partial charge in [-0.2, -0.15) is 0 Å². The number of urea groups is 1. The summed E-state index contributed by atoms with van der Waals surface area (Å²) in [5.41, 5.74) is 3.15. The number of nitrogens with one attached hydrogen (secondary N) is 1. The second-order valence-corrected chi connectivity index (χ2v) is 12.7. The molecule has 2 unspecified atom stereocenters. The number of thioether (sulfide) groups is 1. The minimum atomic E-state index is -0.339. The van der Waals surface area contributed by atoms with E-state index in [9.17, 15) is 14.4 Å². The summed E-state index contributed by atoms with van der Waals surface area (Å²) >= 11 is 1.65. The lowest BCUT2D eigenvalue weighted by Gasteiger charge is -2.40. The monoisotopic (exact) mass is 546 g/mol. The van der Waals surface area contributed by atoms with Gasteiger partial charge in [-0.1, -0.05) is 67.8 Å². The van der Waals surface area contributed by atoms with Crippen molar-refractivity contribution in [2.75, 3.05) is 25.0 Å². The second kappa shape index (κ2) is 11.6. The number of hydrogen-bond donors (Lipinski definition) is 1. The molecule has 39 heavy (non-hydrogen) atoms. The Balaban J connectivity index is 1.07. The van der Waals surface area contributed by atoms with Gasteiger partial charge in [0.2, 0.25) is 11.8 Å². The summed E-state index contributed by atoms with van der Waals surface area (Å²) in [5, 5.41) is 2.64. The quantitative estimate of drug-likeness (QED) is 0.509. The molecule has 3 heterocycles. The van der Waals surface area contributed by atoms with Crippen LogP contribution in [-0.4, -0.2) is 63.5 Å². The van der Waals surface area contributed by atoms with Gasteiger partial charge in [0, 0.05) is 44.3 Å². The smallest absolute Gasteiger partial charge is 0.322 e. The zero-order valence-electron chi connectivity index (χ0n) is 22.5. The first-order valence-corrected chi connectivity index (χ1v) is 15.5. The third-order valence-corrected chi connectivity index (χ3v) is 10.4. The van der Waals surface area contributed by atoms with E-state index in [0.717, 1.165) is 36.2 Å². The Bertz CT molecular complexity index is 1190. The van der Waals surface area contributed by atoms with Crippen LogP contribution in [0.3, 0.4) is 0 Å². The number of hydrogen-bond acceptors (Lipinski definition) is 4. The van der Waals surface area contributed by atoms with Crippen LogP contribution in [0.1, 0.15) is 67.9 Å². The number of likely N-dealkylation sites (tertiary alicyclic amines) is 1. The topological polar surface area (TPSA) is 73.0 Å². The van der Waals surface area contributed by atoms with Crippen molar-refractivity contribution in [3.05, 3.63) is 65.7 Å². The summed E-state index contributed by atoms with van der Waals surface area (Å²) in [5.74, 6) is 0.729. The van der Waals surface area contributed by atoms with E-state index < -0.39 is 0 Å². The summed E-state index contributed by atoms with van der Waals surface area (Å²) < 4.78 is 0. The molecule has 1 saturated carbocycles. The van der Waals surface area contributed by atoms with Gasteiger partial charge in [-0.3, -0.25) is 9.59 Å². The van der Waals surface area contributed by atoms with Crippen LogP contribution in [0.4, 0.5) is 10.5 Å². The number of amides is 4. The molecule has 2 saturated heterocycles. The van der Waals surface area contributed by atoms with Crippen molar-refractivity contribution in [1.29, 1.82) is 0 Å². The molecule has 6 rings (SSSR count). The Morgan fingerprint density at radius 1 is 0.897 bits per heavy atom. The SMILES string of the molecule is O=C(CC1SC(c2ccccc2)N(CC2CCCCC2)C1=O)N1CCC(N2Cc3ccccc3NC2=O)CC1. The molecular weight excluding hydrogens is 508 g/mol. The largest absolute Gasteiger partial charge is 0.342 e. The Morgan fingerprint density at radius 2 is 1.62 bits per heavy atom. The molecule has 0 radical (unpaired) electrons. The van der Waals surface area contributed by atoms with E-state index in [4.69, 9.17) is 0 Å². The molecule has 2 aromatic rings. The van der Waals surface area contributed by atoms with Gasteiger partial charge in [-0.15, -0.1) is 11.8 Å². The van der Waals surface area contributed by atoms with E-state index in [-0.39, 0.29) is 40.9 Å². The van der Waals surface area contributed by atoms with E-state index >= 15 is 0 Å². The maximum Gasteiger partial charge on any atom is 0.322 e. The summed E-state index contributed by atoms with van der Waals surface area (Å²) in [4.78, 5) is 45.7. The fourth-order valence-electron chi connectivity index (χ4n) is 6.66. The predicted octanol–water partition coefficient (Wildman–Crippen LogP) is 5.64. The van der Waals surface area contributed by atoms with E-state index in [1.54, 1.807) is 11.8 Å². The highest BCUT2D eigenvalue weighted by Gasteiger charge is 2.43. The number of anilines is 1. The second-order valence-electron chi connectivity index (χ2n) is 11.4. The van der Waals surface area contributed by atoms with Gasteiger partial charge in [0.15, 0.2) is 0 Å². The lowest BCUT2D eigenvalue weighted by Crippen LogP contribution is -2.51. The van der Waals surface area contributed by atoms with Crippen molar-refractivity contribution >= 4 is 35.3 Å². The molecule has 0 bridgehead atoms. The average Bonchev–Trinajstić information content (AvgIpc) is 3.28. The van der Waals surface area contributed by atoms with Gasteiger partial charge in [0.25, 0.3) is 0 Å². The first-order chi connectivity index (χ1) is 19.1. The highest BCUT2D eigenvalue weighted by Crippen LogP contribution is 2.45. The van der Waals surface area contributed by atoms with Gasteiger partial charge in [-0.05, 0) is 48.8 Å². The number of piperidine rings is 1. The average molecular weight is 547 g/mol. The Morgan fingerprint density at radius 3 is 2.38 bits per heavy atom. The molecule has 3 fully saturated rings. The lowest BCUT2D eigenvalue weighted by atomic mass is 9.88. The van der Waals surface area contributed by atoms with Crippen molar-refractivity contribution < 1.29 is 14.4 Å². The molecule has 2 aromatic carbocycles. The van der Waals surface area contributed by atoms with E-state index in [1.165, 1.54) is 32.1 Å². The Hall–Kier alpha value is -3.00. The minimum Gasteiger partial charge on any atom is -0.342 e. The number of rotatable bonds is 6. The first kappa shape index (κ1) is 26.2. The summed E-state index contributed by atoms with van der Waals surface area (Å²) in [6.45, 7) is 2.64. The summed E-state index contributed by atoms with van der Waals surface area (Å²) in [7, 11) is 0. The lowest BCUT2D eigenvalue weighted by molar-refractivity contribution is -0.137. The fraction of sp³-hybridized carbons (Fsp3) is 0.516. The zero-order chi connectivity index (χ0) is 26.8. The van der Waals surface area contributed by atoms with Crippen LogP contribution < -0.4 is 5.32 Å². The summed E-state index contributed by atoms with van der Waals surface area (Å²) in [6, 6.07) is 18.2. The molecule has 0 spiro atoms. The van der Waals surface area contributed by atoms with Crippen LogP contribution in [-0.2, 0) is 16.1 Å². The van der Waals surface area contributed by atoms with Crippen molar-refractivity contribution in [2.45, 2.75) is 74.6 Å². The molecule has 4 aliphatic rings. The Kier molecular flexibility index (Phi) is 7.82. The van der Waals surface area contributed by atoms with Crippen LogP contribution in [0.2, 0.25) is 0 Å². The summed E-state index contributed by atoms with van der Waals surface area (Å²) in [6.07, 6.45) is 7.94. The molecule has 8 heteroatoms. The number of para-hydroxylation sites is 1. The molecular formula is C31H38N4O3S. The highest BCUT2D eigenvalue weighted by molar-refractivity contribution is 8.01. The van der Waals surface area contributed by atoms with Crippen molar-refractivity contribution in [1.82, 2.24) is 14.7 Å². The van der Waals surface area contributed by atoms with Gasteiger partial charge >= 0.3 is 6.03 Å². The number of carbonyl (C=O) groups excluding carboxylic acids is 3. The van der Waals surface area contributed by atoms with Crippen LogP contribution in [0.25, 0.3) is 0 Å². The molecule has 4 amide bonds. The molecule has 1 N–H and O–H groups in total. The highest BCUT2D eigenvalue weighted by atomic mass is 32.2. The number of carbonyl (C=O) groups is 3. The number of fused-ring (bicyclic) bond motifs is 1. The zero-order valence-corrected chi connectivity index (χ0v) is 23.3. The molecule has 2 atom stereocenters. The van der Waals surface area contributed by atoms with Crippen molar-refractivity contribution in [2.24, 2.45) is 5.92 Å². The number of nitrogens with zero attached hydrogens (tertiary/aromatic N) is 3. The maximum absolute atomic E-state index is 13.7. The van der Waals surface area contributed by atoms with Crippen molar-refractivity contribution in [3.8, 4) is 0 Å². The number of benzene rings is 2. The van der Waals surface area contributed by atoms with E-state index in [1.807, 2.05) is 46.2 Å². The van der Waals surface area contributed by atoms with Crippen LogP contribution in [0.5, 0.6) is 0 Å². The van der Waals surface area contributed by atoms with E-state index in [2.05, 4.69) is 28.4 Å². The third kappa shape index (κ3) is 5.67. The molecule has 3 aliphatic heterocycles. The van der Waals surface area contributed by atoms with E-state index in [0.29, 0.717) is 25.6 Å². The van der Waals surface area contributed by atoms with Gasteiger partial charge in [0.05, 0.1) is 5.25 Å². The van der Waals surface area contributed by atoms with Crippen LogP contribution in [0.15, 0.2) is 54.6 Å². The molecule has 1 aliphatic carbocycles. The van der Waals surface area contributed by atoms with Crippen LogP contribution in [0, 0.1) is 5.92 Å². The van der Waals surface area contributed by atoms with Gasteiger partial charge < -0.3 is 20.0 Å². The predicted molar refractivity (Wildman–Crippen MR) is 154 cm³/mol. The molecule has 0 aromatic heterocycles. The molecule has 206 valence electrons. The van der Waals surface area contributed by atoms with Crippen molar-refractivity contribution in [3.63, 3.8) is 0 Å². The van der Waals surface area contributed by atoms with Gasteiger partial charge in [-0.25, -0.2) is 4.79 Å². The third-order valence-electron chi connectivity index (χ3n) is 8.88. The standard InChI is InChI=1S/C31H38N4O3S/c36-28(33-17-15-25(16-18-33)34-21-24-13-7-8-14-26(24)32-31(34)38)19-27-29(37)35(20-22-9-3-1-4-10-22)30(39-27)23-11-5-2-6-12-23/h2,5-8,11-14,22,25,27,30H,1,3-4,9-10,15-21H2,(H,32,38). The Labute approximate surface area is 235 Å². The molecule has 7 nitrogen and oxygen atoms in total. The maximum atomic E-state index is 13.7. The normalized spacial score (nSPS) is 24.6.